The van der Waals surface area contributed by atoms with Gasteiger partial charge in [-0.2, -0.15) is 0 Å². The summed E-state index contributed by atoms with van der Waals surface area (Å²) in [5.74, 6) is -2.58. The van der Waals surface area contributed by atoms with E-state index < -0.39 is 23.5 Å². The fraction of sp³-hybridized carbons (Fsp3) is 0.524. The van der Waals surface area contributed by atoms with Crippen LogP contribution in [-0.4, -0.2) is 52.7 Å². The average Bonchev–Trinajstić information content (AvgIpc) is 3.13. The number of carboxylic acid groups (broad SMARTS) is 1. The van der Waals surface area contributed by atoms with Gasteiger partial charge in [-0.05, 0) is 43.0 Å². The highest BCUT2D eigenvalue weighted by molar-refractivity contribution is 5.87. The van der Waals surface area contributed by atoms with E-state index in [9.17, 15) is 19.8 Å². The van der Waals surface area contributed by atoms with Gasteiger partial charge in [0.1, 0.15) is 5.58 Å². The van der Waals surface area contributed by atoms with Crippen LogP contribution in [0.4, 0.5) is 0 Å². The Bertz CT molecular complexity index is 861. The van der Waals surface area contributed by atoms with Crippen LogP contribution in [0.15, 0.2) is 34.9 Å². The van der Waals surface area contributed by atoms with E-state index in [-0.39, 0.29) is 11.8 Å². The van der Waals surface area contributed by atoms with Gasteiger partial charge in [-0.25, -0.2) is 4.79 Å². The van der Waals surface area contributed by atoms with Crippen molar-refractivity contribution in [2.45, 2.75) is 38.8 Å². The number of carbonyl (C=O) groups excluding carboxylic acids is 1. The van der Waals surface area contributed by atoms with Crippen molar-refractivity contribution in [3.8, 4) is 0 Å². The molecule has 0 saturated carbocycles. The molecule has 7 nitrogen and oxygen atoms in total. The van der Waals surface area contributed by atoms with Gasteiger partial charge in [0.05, 0.1) is 17.7 Å². The Morgan fingerprint density at radius 1 is 1.32 bits per heavy atom. The number of hydrogen-bond donors (Lipinski definition) is 3. The third kappa shape index (κ3) is 3.77. The molecule has 2 aromatic rings. The molecule has 1 amide bonds. The van der Waals surface area contributed by atoms with Crippen LogP contribution in [0.5, 0.6) is 0 Å². The molecule has 1 fully saturated rings. The second-order valence-electron chi connectivity index (χ2n) is 8.13. The number of aliphatic hydroxyl groups is 1. The van der Waals surface area contributed by atoms with Crippen molar-refractivity contribution in [2.75, 3.05) is 19.6 Å². The standard InChI is InChI=1S/C21H28N2O5/c1-13(2)10-16(18(24)20(26)27)19(25)23-8-7-22-12-21(23,3)15-4-5-17-14(11-15)6-9-28-17/h4-6,9,11,13,16,18,22,24H,7-8,10,12H2,1-3H3,(H,26,27)/t16-,18-,21-/m0/s1. The van der Waals surface area contributed by atoms with E-state index in [0.717, 1.165) is 16.5 Å². The Morgan fingerprint density at radius 3 is 2.75 bits per heavy atom. The zero-order valence-corrected chi connectivity index (χ0v) is 16.5. The maximum absolute atomic E-state index is 13.4. The number of carboxylic acids is 1. The van der Waals surface area contributed by atoms with Gasteiger partial charge >= 0.3 is 5.97 Å². The van der Waals surface area contributed by atoms with Crippen molar-refractivity contribution < 1.29 is 24.2 Å². The summed E-state index contributed by atoms with van der Waals surface area (Å²) in [5, 5.41) is 23.8. The van der Waals surface area contributed by atoms with Crippen LogP contribution in [0.25, 0.3) is 11.0 Å². The van der Waals surface area contributed by atoms with Gasteiger partial charge in [0.25, 0.3) is 0 Å². The second-order valence-corrected chi connectivity index (χ2v) is 8.13. The summed E-state index contributed by atoms with van der Waals surface area (Å²) in [5.41, 5.74) is 1.05. The number of hydrogen-bond acceptors (Lipinski definition) is 5. The first-order chi connectivity index (χ1) is 13.2. The molecule has 1 aliphatic rings. The number of fused-ring (bicyclic) bond motifs is 1. The molecule has 0 radical (unpaired) electrons. The highest BCUT2D eigenvalue weighted by Gasteiger charge is 2.44. The van der Waals surface area contributed by atoms with E-state index >= 15 is 0 Å². The van der Waals surface area contributed by atoms with Crippen LogP contribution in [0, 0.1) is 11.8 Å². The Balaban J connectivity index is 1.98. The highest BCUT2D eigenvalue weighted by Crippen LogP contribution is 2.34. The number of benzene rings is 1. The van der Waals surface area contributed by atoms with Crippen molar-refractivity contribution in [3.63, 3.8) is 0 Å². The number of carbonyl (C=O) groups is 2. The molecular weight excluding hydrogens is 360 g/mol. The van der Waals surface area contributed by atoms with Gasteiger partial charge in [0, 0.05) is 25.0 Å². The molecule has 0 bridgehead atoms. The van der Waals surface area contributed by atoms with Crippen LogP contribution in [0.1, 0.15) is 32.8 Å². The molecule has 1 aliphatic heterocycles. The van der Waals surface area contributed by atoms with Crippen molar-refractivity contribution in [1.29, 1.82) is 0 Å². The van der Waals surface area contributed by atoms with Crippen LogP contribution in [0.2, 0.25) is 0 Å². The third-order valence-electron chi connectivity index (χ3n) is 5.59. The predicted molar refractivity (Wildman–Crippen MR) is 105 cm³/mol. The summed E-state index contributed by atoms with van der Waals surface area (Å²) < 4.78 is 5.41. The van der Waals surface area contributed by atoms with E-state index in [1.807, 2.05) is 45.0 Å². The molecule has 28 heavy (non-hydrogen) atoms. The van der Waals surface area contributed by atoms with E-state index in [0.29, 0.717) is 26.1 Å². The van der Waals surface area contributed by atoms with Crippen LogP contribution in [-0.2, 0) is 15.1 Å². The SMILES string of the molecule is CC(C)C[C@H](C(=O)N1CCNC[C@@]1(C)c1ccc2occc2c1)[C@H](O)C(=O)O. The smallest absolute Gasteiger partial charge is 0.333 e. The Labute approximate surface area is 164 Å². The topological polar surface area (TPSA) is 103 Å². The van der Waals surface area contributed by atoms with E-state index in [1.54, 1.807) is 11.2 Å². The Kier molecular flexibility index (Phi) is 5.76. The normalized spacial score (nSPS) is 22.4. The first-order valence-corrected chi connectivity index (χ1v) is 9.65. The number of rotatable bonds is 6. The Morgan fingerprint density at radius 2 is 2.07 bits per heavy atom. The lowest BCUT2D eigenvalue weighted by molar-refractivity contribution is -0.160. The maximum atomic E-state index is 13.4. The van der Waals surface area contributed by atoms with E-state index in [2.05, 4.69) is 5.32 Å². The van der Waals surface area contributed by atoms with Gasteiger partial charge < -0.3 is 24.8 Å². The molecule has 152 valence electrons. The number of piperazine rings is 1. The van der Waals surface area contributed by atoms with E-state index in [1.165, 1.54) is 0 Å². The van der Waals surface area contributed by atoms with Gasteiger partial charge in [-0.1, -0.05) is 19.9 Å². The zero-order valence-electron chi connectivity index (χ0n) is 16.5. The number of nitrogens with one attached hydrogen (secondary N) is 1. The number of aliphatic hydroxyl groups excluding tert-OH is 1. The predicted octanol–water partition coefficient (Wildman–Crippen LogP) is 2.19. The van der Waals surface area contributed by atoms with Gasteiger partial charge in [-0.15, -0.1) is 0 Å². The lowest BCUT2D eigenvalue weighted by Gasteiger charge is -2.47. The minimum absolute atomic E-state index is 0.0828. The summed E-state index contributed by atoms with van der Waals surface area (Å²) in [6.07, 6.45) is 0.221. The lowest BCUT2D eigenvalue weighted by atomic mass is 9.84. The van der Waals surface area contributed by atoms with Crippen LogP contribution in [0.3, 0.4) is 0 Å². The molecule has 3 rings (SSSR count). The lowest BCUT2D eigenvalue weighted by Crippen LogP contribution is -2.61. The number of aliphatic carboxylic acids is 1. The van der Waals surface area contributed by atoms with Crippen molar-refractivity contribution >= 4 is 22.8 Å². The molecule has 7 heteroatoms. The first kappa shape index (κ1) is 20.4. The van der Waals surface area contributed by atoms with Crippen LogP contribution < -0.4 is 5.32 Å². The zero-order chi connectivity index (χ0) is 20.5. The maximum Gasteiger partial charge on any atom is 0.333 e. The molecule has 2 heterocycles. The average molecular weight is 388 g/mol. The number of furan rings is 1. The van der Waals surface area contributed by atoms with Gasteiger partial charge in [-0.3, -0.25) is 4.79 Å². The third-order valence-corrected chi connectivity index (χ3v) is 5.59. The monoisotopic (exact) mass is 388 g/mol. The minimum Gasteiger partial charge on any atom is -0.479 e. The van der Waals surface area contributed by atoms with Crippen LogP contribution >= 0.6 is 0 Å². The molecule has 0 spiro atoms. The molecule has 0 unspecified atom stereocenters. The van der Waals surface area contributed by atoms with Gasteiger partial charge in [0.15, 0.2) is 6.10 Å². The summed E-state index contributed by atoms with van der Waals surface area (Å²) in [4.78, 5) is 26.6. The molecular formula is C21H28N2O5. The van der Waals surface area contributed by atoms with Crippen molar-refractivity contribution in [1.82, 2.24) is 10.2 Å². The summed E-state index contributed by atoms with van der Waals surface area (Å²) in [6, 6.07) is 7.69. The van der Waals surface area contributed by atoms with Gasteiger partial charge in [0.2, 0.25) is 5.91 Å². The quantitative estimate of drug-likeness (QED) is 0.701. The summed E-state index contributed by atoms with van der Waals surface area (Å²) in [7, 11) is 0. The highest BCUT2D eigenvalue weighted by atomic mass is 16.4. The summed E-state index contributed by atoms with van der Waals surface area (Å²) in [6.45, 7) is 7.40. The minimum atomic E-state index is -1.72. The fourth-order valence-electron chi connectivity index (χ4n) is 4.02. The number of nitrogens with zero attached hydrogens (tertiary/aromatic N) is 1. The second kappa shape index (κ2) is 7.93. The number of amides is 1. The first-order valence-electron chi connectivity index (χ1n) is 9.65. The van der Waals surface area contributed by atoms with Crippen molar-refractivity contribution in [2.24, 2.45) is 11.8 Å². The molecule has 0 aliphatic carbocycles. The van der Waals surface area contributed by atoms with E-state index in [4.69, 9.17) is 4.42 Å². The Hall–Kier alpha value is -2.38. The largest absolute Gasteiger partial charge is 0.479 e. The van der Waals surface area contributed by atoms with Crippen molar-refractivity contribution in [3.05, 3.63) is 36.1 Å². The molecule has 1 aromatic carbocycles. The fourth-order valence-corrected chi connectivity index (χ4v) is 4.02. The molecule has 1 saturated heterocycles. The molecule has 3 N–H and O–H groups in total. The molecule has 1 aromatic heterocycles. The summed E-state index contributed by atoms with van der Waals surface area (Å²) >= 11 is 0. The molecule has 3 atom stereocenters.